The van der Waals surface area contributed by atoms with Crippen LogP contribution < -0.4 is 4.74 Å². The van der Waals surface area contributed by atoms with Gasteiger partial charge in [-0.2, -0.15) is 0 Å². The molecular formula is C21H27NO3. The van der Waals surface area contributed by atoms with Gasteiger partial charge in [0.05, 0.1) is 5.60 Å². The number of piperidine rings is 1. The Labute approximate surface area is 149 Å². The van der Waals surface area contributed by atoms with E-state index in [-0.39, 0.29) is 29.0 Å². The minimum absolute atomic E-state index is 0.0553. The molecule has 1 spiro atoms. The van der Waals surface area contributed by atoms with E-state index >= 15 is 0 Å². The van der Waals surface area contributed by atoms with Gasteiger partial charge in [0.2, 0.25) is 0 Å². The number of rotatable bonds is 1. The van der Waals surface area contributed by atoms with Gasteiger partial charge >= 0.3 is 0 Å². The van der Waals surface area contributed by atoms with Crippen molar-refractivity contribution in [1.29, 1.82) is 0 Å². The molecule has 5 rings (SSSR count). The number of likely N-dealkylation sites (N-methyl/N-ethyl adjacent to an activating group) is 1. The molecule has 2 aliphatic heterocycles. The van der Waals surface area contributed by atoms with Gasteiger partial charge in [-0.1, -0.05) is 18.2 Å². The molecule has 1 fully saturated rings. The topological polar surface area (TPSA) is 41.9 Å². The van der Waals surface area contributed by atoms with Gasteiger partial charge in [-0.3, -0.25) is 0 Å². The summed E-state index contributed by atoms with van der Waals surface area (Å²) in [4.78, 5) is 2.50. The maximum atomic E-state index is 10.5. The number of nitrogens with zero attached hydrogens (tertiary/aromatic N) is 1. The van der Waals surface area contributed by atoms with Crippen molar-refractivity contribution < 1.29 is 14.6 Å². The lowest BCUT2D eigenvalue weighted by molar-refractivity contribution is -0.118. The average molecular weight is 341 g/mol. The maximum Gasteiger partial charge on any atom is 0.165 e. The van der Waals surface area contributed by atoms with E-state index in [0.717, 1.165) is 19.4 Å². The first-order valence-corrected chi connectivity index (χ1v) is 9.39. The predicted octanol–water partition coefficient (Wildman–Crippen LogP) is 3.02. The fourth-order valence-corrected chi connectivity index (χ4v) is 5.73. The number of likely N-dealkylation sites (tertiary alicyclic amines) is 1. The van der Waals surface area contributed by atoms with Crippen LogP contribution in [-0.2, 0) is 16.6 Å². The highest BCUT2D eigenvalue weighted by molar-refractivity contribution is 5.61. The normalized spacial score (nSPS) is 38.4. The van der Waals surface area contributed by atoms with Gasteiger partial charge in [0.25, 0.3) is 0 Å². The summed E-state index contributed by atoms with van der Waals surface area (Å²) in [5, 5.41) is 10.5. The Balaban J connectivity index is 1.71. The molecule has 4 heteroatoms. The number of aromatic hydroxyl groups is 1. The Kier molecular flexibility index (Phi) is 3.02. The van der Waals surface area contributed by atoms with Crippen molar-refractivity contribution in [2.24, 2.45) is 5.92 Å². The fourth-order valence-electron chi connectivity index (χ4n) is 5.73. The van der Waals surface area contributed by atoms with Crippen molar-refractivity contribution in [2.75, 3.05) is 13.6 Å². The van der Waals surface area contributed by atoms with Gasteiger partial charge in [-0.15, -0.1) is 0 Å². The van der Waals surface area contributed by atoms with Crippen molar-refractivity contribution in [1.82, 2.24) is 4.90 Å². The van der Waals surface area contributed by atoms with Crippen LogP contribution in [0.1, 0.15) is 38.3 Å². The summed E-state index contributed by atoms with van der Waals surface area (Å²) in [5.74, 6) is 1.40. The summed E-state index contributed by atoms with van der Waals surface area (Å²) in [6.07, 6.45) is 6.51. The van der Waals surface area contributed by atoms with Crippen LogP contribution in [0.5, 0.6) is 11.5 Å². The first-order chi connectivity index (χ1) is 11.8. The summed E-state index contributed by atoms with van der Waals surface area (Å²) in [7, 11) is 2.24. The fraction of sp³-hybridized carbons (Fsp3) is 0.619. The Morgan fingerprint density at radius 1 is 1.28 bits per heavy atom. The van der Waals surface area contributed by atoms with Crippen molar-refractivity contribution in [3.05, 3.63) is 35.4 Å². The van der Waals surface area contributed by atoms with Crippen molar-refractivity contribution >= 4 is 0 Å². The van der Waals surface area contributed by atoms with Crippen LogP contribution in [0.15, 0.2) is 24.3 Å². The molecule has 2 aliphatic carbocycles. The zero-order valence-electron chi connectivity index (χ0n) is 15.5. The average Bonchev–Trinajstić information content (AvgIpc) is 2.88. The third-order valence-corrected chi connectivity index (χ3v) is 6.62. The molecule has 4 aliphatic rings. The van der Waals surface area contributed by atoms with Gasteiger partial charge in [0.15, 0.2) is 11.5 Å². The molecule has 1 aromatic rings. The molecule has 0 aromatic heterocycles. The number of ether oxygens (including phenoxy) is 2. The van der Waals surface area contributed by atoms with E-state index in [0.29, 0.717) is 17.7 Å². The largest absolute Gasteiger partial charge is 0.504 e. The number of benzene rings is 1. The molecule has 0 radical (unpaired) electrons. The molecule has 134 valence electrons. The lowest BCUT2D eigenvalue weighted by Gasteiger charge is -2.57. The summed E-state index contributed by atoms with van der Waals surface area (Å²) in [6, 6.07) is 4.39. The molecular weight excluding hydrogens is 314 g/mol. The maximum absolute atomic E-state index is 10.5. The predicted molar refractivity (Wildman–Crippen MR) is 96.2 cm³/mol. The first-order valence-electron chi connectivity index (χ1n) is 9.39. The molecule has 1 saturated heterocycles. The van der Waals surface area contributed by atoms with Gasteiger partial charge in [0, 0.05) is 22.9 Å². The van der Waals surface area contributed by atoms with E-state index in [1.807, 2.05) is 0 Å². The molecule has 2 heterocycles. The van der Waals surface area contributed by atoms with Gasteiger partial charge in [-0.05, 0) is 58.8 Å². The number of hydrogen-bond acceptors (Lipinski definition) is 4. The Bertz CT molecular complexity index is 765. The van der Waals surface area contributed by atoms with Crippen LogP contribution in [0.2, 0.25) is 0 Å². The smallest absolute Gasteiger partial charge is 0.165 e. The highest BCUT2D eigenvalue weighted by Gasteiger charge is 2.64. The van der Waals surface area contributed by atoms with E-state index in [1.54, 1.807) is 6.07 Å². The molecule has 1 aromatic carbocycles. The van der Waals surface area contributed by atoms with Crippen LogP contribution in [0.3, 0.4) is 0 Å². The molecule has 5 atom stereocenters. The van der Waals surface area contributed by atoms with E-state index in [9.17, 15) is 5.11 Å². The zero-order chi connectivity index (χ0) is 17.6. The van der Waals surface area contributed by atoms with E-state index in [2.05, 4.69) is 50.9 Å². The minimum Gasteiger partial charge on any atom is -0.504 e. The molecule has 4 nitrogen and oxygen atoms in total. The second kappa shape index (κ2) is 4.80. The van der Waals surface area contributed by atoms with Crippen LogP contribution in [0.25, 0.3) is 0 Å². The van der Waals surface area contributed by atoms with E-state index in [4.69, 9.17) is 9.47 Å². The SMILES string of the molecule is CN1CC[C@]23c4c5ccc(O)c4O[C@H]2[C@@H](OC(C)(C)C)C=C[C@H]3[C@H]1C5. The third kappa shape index (κ3) is 1.95. The minimum atomic E-state index is -0.235. The molecule has 2 bridgehead atoms. The number of phenolic OH excluding ortho intramolecular Hbond substituents is 1. The lowest BCUT2D eigenvalue weighted by atomic mass is 9.53. The molecule has 0 saturated carbocycles. The van der Waals surface area contributed by atoms with Crippen LogP contribution in [0.4, 0.5) is 0 Å². The summed E-state index contributed by atoms with van der Waals surface area (Å²) >= 11 is 0. The van der Waals surface area contributed by atoms with E-state index < -0.39 is 0 Å². The molecule has 25 heavy (non-hydrogen) atoms. The Hall–Kier alpha value is -1.52. The molecule has 0 amide bonds. The summed E-state index contributed by atoms with van der Waals surface area (Å²) in [6.45, 7) is 7.33. The molecule has 0 unspecified atom stereocenters. The second-order valence-corrected chi connectivity index (χ2v) is 9.13. The second-order valence-electron chi connectivity index (χ2n) is 9.13. The zero-order valence-corrected chi connectivity index (χ0v) is 15.5. The van der Waals surface area contributed by atoms with Gasteiger partial charge in [-0.25, -0.2) is 0 Å². The Morgan fingerprint density at radius 2 is 2.08 bits per heavy atom. The highest BCUT2D eigenvalue weighted by atomic mass is 16.6. The van der Waals surface area contributed by atoms with Crippen molar-refractivity contribution in [3.8, 4) is 11.5 Å². The highest BCUT2D eigenvalue weighted by Crippen LogP contribution is 2.62. The third-order valence-electron chi connectivity index (χ3n) is 6.62. The summed E-state index contributed by atoms with van der Waals surface area (Å²) in [5.41, 5.74) is 2.30. The Morgan fingerprint density at radius 3 is 2.84 bits per heavy atom. The first kappa shape index (κ1) is 15.7. The van der Waals surface area contributed by atoms with Crippen LogP contribution in [0, 0.1) is 5.92 Å². The van der Waals surface area contributed by atoms with Gasteiger partial charge < -0.3 is 19.5 Å². The summed E-state index contributed by atoms with van der Waals surface area (Å²) < 4.78 is 12.8. The van der Waals surface area contributed by atoms with Crippen LogP contribution in [-0.4, -0.2) is 47.4 Å². The number of hydrogen-bond donors (Lipinski definition) is 1. The lowest BCUT2D eigenvalue weighted by Crippen LogP contribution is -2.65. The standard InChI is InChI=1S/C21H27NO3/c1-20(2,3)25-16-8-6-13-14-11-12-5-7-15(23)18-17(12)21(13,19(16)24-18)9-10-22(14)4/h5-8,13-14,16,19,23H,9-11H2,1-4H3/t13-,14+,16-,19-,21-/m0/s1. The monoisotopic (exact) mass is 341 g/mol. The van der Waals surface area contributed by atoms with Crippen molar-refractivity contribution in [3.63, 3.8) is 0 Å². The molecule has 1 N–H and O–H groups in total. The van der Waals surface area contributed by atoms with Crippen LogP contribution >= 0.6 is 0 Å². The van der Waals surface area contributed by atoms with Crippen molar-refractivity contribution in [2.45, 2.75) is 62.9 Å². The quantitative estimate of drug-likeness (QED) is 0.798. The number of phenols is 1. The van der Waals surface area contributed by atoms with E-state index in [1.165, 1.54) is 11.1 Å². The van der Waals surface area contributed by atoms with Gasteiger partial charge in [0.1, 0.15) is 12.2 Å².